The molecule has 0 radical (unpaired) electrons. The molecule has 1 aliphatic carbocycles. The Bertz CT molecular complexity index is 1310. The number of H-pyrrole nitrogens is 1. The fourth-order valence-electron chi connectivity index (χ4n) is 6.05. The molecular weight excluding hydrogens is 600 g/mol. The largest absolute Gasteiger partial charge is 0.394 e. The minimum absolute atomic E-state index is 0.0441. The number of aliphatic hydroxyl groups excluding tert-OH is 4. The normalized spacial score (nSPS) is 19.6. The van der Waals surface area contributed by atoms with Gasteiger partial charge in [0.1, 0.15) is 24.1 Å². The topological polar surface area (TPSA) is 216 Å². The maximum absolute atomic E-state index is 14.8. The number of aromatic amines is 1. The summed E-state index contributed by atoms with van der Waals surface area (Å²) in [5.41, 5.74) is 7.47. The quantitative estimate of drug-likeness (QED) is 0.135. The number of sulfone groups is 1. The van der Waals surface area contributed by atoms with Crippen LogP contribution in [0.2, 0.25) is 0 Å². The number of nitrogens with two attached hydrogens (primary N) is 1. The summed E-state index contributed by atoms with van der Waals surface area (Å²) in [7, 11) is -3.79. The third-order valence-electron chi connectivity index (χ3n) is 8.88. The number of aliphatic hydroxyl groups is 4. The fourth-order valence-corrected chi connectivity index (χ4v) is 7.36. The Hall–Kier alpha value is -2.68. The number of nitrogens with one attached hydrogen (secondary N) is 2. The van der Waals surface area contributed by atoms with Gasteiger partial charge in [-0.25, -0.2) is 13.4 Å². The minimum atomic E-state index is -3.79. The Morgan fingerprint density at radius 2 is 1.69 bits per heavy atom. The van der Waals surface area contributed by atoms with Crippen LogP contribution in [0.15, 0.2) is 42.9 Å². The standard InChI is InChI=1S/C32H50N4O8S/c1-32(2,3)45(43,44)18-22(14-20-10-6-4-7-11-20)28(39)26(21-12-8-5-9-13-21)27(30(41)29(40)25(38)17-37)36-31(42)24(33)15-23-16-34-19-35-23/h4,6-7,10-11,16,19,21-22,24-27,29-30,37-38,40-41H,5,8-9,12-15,17-18,33H2,1-3H3,(H,34,35)(H,36,42)/t22?,24-,25+,26?,27-,29-,30+/m0/s1. The fraction of sp³-hybridized carbons (Fsp3) is 0.656. The third-order valence-corrected chi connectivity index (χ3v) is 11.6. The van der Waals surface area contributed by atoms with Gasteiger partial charge in [-0.15, -0.1) is 0 Å². The molecule has 2 aromatic rings. The molecule has 0 bridgehead atoms. The van der Waals surface area contributed by atoms with Gasteiger partial charge in [0.05, 0.1) is 41.2 Å². The molecular formula is C32H50N4O8S. The Kier molecular flexibility index (Phi) is 13.3. The monoisotopic (exact) mass is 650 g/mol. The van der Waals surface area contributed by atoms with Crippen LogP contribution in [0.3, 0.4) is 0 Å². The van der Waals surface area contributed by atoms with Crippen molar-refractivity contribution in [1.29, 1.82) is 0 Å². The van der Waals surface area contributed by atoms with E-state index in [4.69, 9.17) is 5.73 Å². The number of nitrogens with zero attached hydrogens (tertiary/aromatic N) is 1. The van der Waals surface area contributed by atoms with Crippen molar-refractivity contribution in [3.63, 3.8) is 0 Å². The van der Waals surface area contributed by atoms with E-state index in [2.05, 4.69) is 15.3 Å². The lowest BCUT2D eigenvalue weighted by Gasteiger charge is -2.41. The molecule has 8 N–H and O–H groups in total. The third kappa shape index (κ3) is 9.90. The summed E-state index contributed by atoms with van der Waals surface area (Å²) in [5.74, 6) is -4.15. The lowest BCUT2D eigenvalue weighted by atomic mass is 9.69. The zero-order valence-corrected chi connectivity index (χ0v) is 27.2. The Morgan fingerprint density at radius 3 is 2.24 bits per heavy atom. The first-order valence-electron chi connectivity index (χ1n) is 15.6. The van der Waals surface area contributed by atoms with Crippen molar-refractivity contribution in [2.45, 2.75) is 101 Å². The molecule has 0 aliphatic heterocycles. The van der Waals surface area contributed by atoms with E-state index in [1.165, 1.54) is 6.33 Å². The second-order valence-corrected chi connectivity index (χ2v) is 16.0. The maximum atomic E-state index is 14.8. The molecule has 1 amide bonds. The first-order chi connectivity index (χ1) is 21.2. The van der Waals surface area contributed by atoms with Crippen molar-refractivity contribution in [2.24, 2.45) is 23.5 Å². The lowest BCUT2D eigenvalue weighted by Crippen LogP contribution is -2.61. The van der Waals surface area contributed by atoms with E-state index in [9.17, 15) is 38.4 Å². The highest BCUT2D eigenvalue weighted by Gasteiger charge is 2.47. The molecule has 13 heteroatoms. The summed E-state index contributed by atoms with van der Waals surface area (Å²) in [6.07, 6.45) is 1.27. The second kappa shape index (κ2) is 16.2. The maximum Gasteiger partial charge on any atom is 0.237 e. The number of carbonyl (C=O) groups is 2. The van der Waals surface area contributed by atoms with Crippen LogP contribution in [-0.4, -0.2) is 98.0 Å². The average molecular weight is 651 g/mol. The molecule has 1 aromatic carbocycles. The van der Waals surface area contributed by atoms with Crippen LogP contribution in [0.1, 0.15) is 64.1 Å². The lowest BCUT2D eigenvalue weighted by molar-refractivity contribution is -0.139. The summed E-state index contributed by atoms with van der Waals surface area (Å²) < 4.78 is 25.9. The Balaban J connectivity index is 2.09. The summed E-state index contributed by atoms with van der Waals surface area (Å²) in [6.45, 7) is 3.85. The van der Waals surface area contributed by atoms with E-state index in [-0.39, 0.29) is 18.8 Å². The summed E-state index contributed by atoms with van der Waals surface area (Å²) >= 11 is 0. The predicted octanol–water partition coefficient (Wildman–Crippen LogP) is 0.677. The molecule has 12 nitrogen and oxygen atoms in total. The molecule has 1 aliphatic rings. The number of hydrogen-bond acceptors (Lipinski definition) is 10. The SMILES string of the molecule is CC(C)(C)S(=O)(=O)CC(Cc1ccccc1)C(=O)C(C1CCCCC1)[C@H](NC(=O)[C@@H](N)Cc1c[nH]cn1)[C@@H](O)[C@@H](O)[C@H](O)CO. The summed E-state index contributed by atoms with van der Waals surface area (Å²) in [5, 5.41) is 44.8. The van der Waals surface area contributed by atoms with Crippen molar-refractivity contribution in [1.82, 2.24) is 15.3 Å². The van der Waals surface area contributed by atoms with Crippen molar-refractivity contribution in [3.05, 3.63) is 54.1 Å². The van der Waals surface area contributed by atoms with Gasteiger partial charge in [0.25, 0.3) is 0 Å². The van der Waals surface area contributed by atoms with Gasteiger partial charge in [0.2, 0.25) is 5.91 Å². The van der Waals surface area contributed by atoms with Crippen molar-refractivity contribution >= 4 is 21.5 Å². The molecule has 1 fully saturated rings. The van der Waals surface area contributed by atoms with E-state index in [1.54, 1.807) is 39.1 Å². The zero-order chi connectivity index (χ0) is 33.4. The molecule has 0 spiro atoms. The van der Waals surface area contributed by atoms with E-state index < -0.39 is 80.9 Å². The average Bonchev–Trinajstić information content (AvgIpc) is 3.52. The number of hydrogen-bond donors (Lipinski definition) is 7. The van der Waals surface area contributed by atoms with Gasteiger partial charge in [0.15, 0.2) is 9.84 Å². The first-order valence-corrected chi connectivity index (χ1v) is 17.3. The van der Waals surface area contributed by atoms with Gasteiger partial charge in [-0.2, -0.15) is 0 Å². The molecule has 1 aromatic heterocycles. The number of rotatable bonds is 16. The molecule has 2 unspecified atom stereocenters. The van der Waals surface area contributed by atoms with Crippen molar-refractivity contribution < 1.29 is 38.4 Å². The highest BCUT2D eigenvalue weighted by atomic mass is 32.2. The first kappa shape index (κ1) is 36.8. The summed E-state index contributed by atoms with van der Waals surface area (Å²) in [6, 6.07) is 6.46. The number of amides is 1. The number of aromatic nitrogens is 2. The smallest absolute Gasteiger partial charge is 0.237 e. The highest BCUT2D eigenvalue weighted by molar-refractivity contribution is 7.92. The second-order valence-electron chi connectivity index (χ2n) is 13.2. The van der Waals surface area contributed by atoms with Crippen molar-refractivity contribution in [3.8, 4) is 0 Å². The van der Waals surface area contributed by atoms with Gasteiger partial charge in [-0.05, 0) is 51.5 Å². The van der Waals surface area contributed by atoms with Gasteiger partial charge in [-0.1, -0.05) is 49.6 Å². The molecule has 252 valence electrons. The van der Waals surface area contributed by atoms with Crippen LogP contribution in [0.5, 0.6) is 0 Å². The number of carbonyl (C=O) groups excluding carboxylic acids is 2. The van der Waals surface area contributed by atoms with Crippen LogP contribution < -0.4 is 11.1 Å². The molecule has 3 rings (SSSR count). The van der Waals surface area contributed by atoms with E-state index >= 15 is 0 Å². The molecule has 7 atom stereocenters. The van der Waals surface area contributed by atoms with Gasteiger partial charge < -0.3 is 36.5 Å². The highest BCUT2D eigenvalue weighted by Crippen LogP contribution is 2.37. The van der Waals surface area contributed by atoms with Crippen LogP contribution >= 0.6 is 0 Å². The van der Waals surface area contributed by atoms with E-state index in [0.29, 0.717) is 18.5 Å². The van der Waals surface area contributed by atoms with Gasteiger partial charge >= 0.3 is 0 Å². The van der Waals surface area contributed by atoms with Crippen LogP contribution in [0.25, 0.3) is 0 Å². The predicted molar refractivity (Wildman–Crippen MR) is 170 cm³/mol. The number of Topliss-reactive ketones (excluding diaryl/α,β-unsaturated/α-hetero) is 1. The van der Waals surface area contributed by atoms with E-state index in [0.717, 1.165) is 24.8 Å². The minimum Gasteiger partial charge on any atom is -0.394 e. The molecule has 0 saturated heterocycles. The zero-order valence-electron chi connectivity index (χ0n) is 26.4. The number of imidazole rings is 1. The number of benzene rings is 1. The van der Waals surface area contributed by atoms with E-state index in [1.807, 2.05) is 18.2 Å². The Labute approximate surface area is 265 Å². The molecule has 45 heavy (non-hydrogen) atoms. The van der Waals surface area contributed by atoms with Crippen LogP contribution in [0, 0.1) is 17.8 Å². The van der Waals surface area contributed by atoms with Gasteiger partial charge in [0, 0.05) is 24.5 Å². The van der Waals surface area contributed by atoms with Crippen molar-refractivity contribution in [2.75, 3.05) is 12.4 Å². The Morgan fingerprint density at radius 1 is 1.04 bits per heavy atom. The van der Waals surface area contributed by atoms with Crippen LogP contribution in [-0.2, 0) is 32.3 Å². The number of ketones is 1. The van der Waals surface area contributed by atoms with Crippen LogP contribution in [0.4, 0.5) is 0 Å². The molecule has 1 saturated carbocycles. The summed E-state index contributed by atoms with van der Waals surface area (Å²) in [4.78, 5) is 35.2. The molecule has 1 heterocycles. The van der Waals surface area contributed by atoms with Gasteiger partial charge in [-0.3, -0.25) is 9.59 Å².